The molecule has 0 bridgehead atoms. The Kier molecular flexibility index (Phi) is 10.7. The van der Waals surface area contributed by atoms with E-state index in [1.165, 1.54) is 6.07 Å². The highest BCUT2D eigenvalue weighted by molar-refractivity contribution is 5.85. The third-order valence-corrected chi connectivity index (χ3v) is 3.38. The van der Waals surface area contributed by atoms with Crippen LogP contribution in [0.5, 0.6) is 0 Å². The summed E-state index contributed by atoms with van der Waals surface area (Å²) in [5, 5.41) is 0. The van der Waals surface area contributed by atoms with Crippen molar-refractivity contribution >= 4 is 30.5 Å². The normalized spacial score (nSPS) is 15.2. The molecule has 21 heavy (non-hydrogen) atoms. The first kappa shape index (κ1) is 20.4. The molecule has 0 aliphatic carbocycles. The molecule has 122 valence electrons. The van der Waals surface area contributed by atoms with E-state index in [0.717, 1.165) is 39.3 Å². The van der Waals surface area contributed by atoms with Gasteiger partial charge in [0.25, 0.3) is 0 Å². The number of hydrogen-bond donors (Lipinski definition) is 1. The molecule has 1 aromatic carbocycles. The lowest BCUT2D eigenvalue weighted by molar-refractivity contribution is 0.107. The minimum atomic E-state index is -0.137. The molecule has 0 unspecified atom stereocenters. The van der Waals surface area contributed by atoms with Crippen molar-refractivity contribution in [2.45, 2.75) is 0 Å². The average molecular weight is 340 g/mol. The molecule has 0 atom stereocenters. The van der Waals surface area contributed by atoms with Crippen LogP contribution < -0.4 is 10.6 Å². The lowest BCUT2D eigenvalue weighted by atomic mass is 10.2. The van der Waals surface area contributed by atoms with Gasteiger partial charge < -0.3 is 15.4 Å². The number of ether oxygens (including phenoxy) is 1. The molecule has 2 N–H and O–H groups in total. The van der Waals surface area contributed by atoms with Gasteiger partial charge in [-0.05, 0) is 12.1 Å². The number of piperazine rings is 1. The Morgan fingerprint density at radius 1 is 1.05 bits per heavy atom. The first-order valence-electron chi connectivity index (χ1n) is 6.81. The molecule has 0 radical (unpaired) electrons. The van der Waals surface area contributed by atoms with Crippen LogP contribution in [0.4, 0.5) is 10.1 Å². The summed E-state index contributed by atoms with van der Waals surface area (Å²) in [6, 6.07) is 6.97. The Morgan fingerprint density at radius 2 is 1.71 bits per heavy atom. The van der Waals surface area contributed by atoms with Crippen molar-refractivity contribution in [3.63, 3.8) is 0 Å². The maximum absolute atomic E-state index is 13.7. The van der Waals surface area contributed by atoms with Gasteiger partial charge in [-0.25, -0.2) is 4.39 Å². The van der Waals surface area contributed by atoms with Crippen molar-refractivity contribution in [1.29, 1.82) is 0 Å². The second kappa shape index (κ2) is 11.0. The van der Waals surface area contributed by atoms with E-state index in [-0.39, 0.29) is 30.6 Å². The fourth-order valence-corrected chi connectivity index (χ4v) is 2.30. The van der Waals surface area contributed by atoms with Crippen molar-refractivity contribution in [1.82, 2.24) is 4.90 Å². The summed E-state index contributed by atoms with van der Waals surface area (Å²) in [5.74, 6) is -0.137. The molecule has 2 rings (SSSR count). The lowest BCUT2D eigenvalue weighted by Crippen LogP contribution is -2.47. The van der Waals surface area contributed by atoms with Gasteiger partial charge in [0, 0.05) is 39.3 Å². The van der Waals surface area contributed by atoms with Gasteiger partial charge in [-0.3, -0.25) is 4.90 Å². The first-order valence-corrected chi connectivity index (χ1v) is 6.81. The molecule has 1 saturated heterocycles. The van der Waals surface area contributed by atoms with Crippen molar-refractivity contribution in [3.05, 3.63) is 30.1 Å². The number of rotatable bonds is 6. The minimum absolute atomic E-state index is 0. The summed E-state index contributed by atoms with van der Waals surface area (Å²) >= 11 is 0. The van der Waals surface area contributed by atoms with Crippen LogP contribution in [0, 0.1) is 5.82 Å². The van der Waals surface area contributed by atoms with Gasteiger partial charge in [0.2, 0.25) is 0 Å². The Labute approximate surface area is 138 Å². The highest BCUT2D eigenvalue weighted by atomic mass is 35.5. The van der Waals surface area contributed by atoms with Crippen LogP contribution in [-0.2, 0) is 4.74 Å². The molecule has 1 fully saturated rings. The van der Waals surface area contributed by atoms with Gasteiger partial charge in [-0.15, -0.1) is 24.8 Å². The van der Waals surface area contributed by atoms with Gasteiger partial charge in [0.05, 0.1) is 18.9 Å². The molecule has 7 heteroatoms. The number of nitrogens with zero attached hydrogens (tertiary/aromatic N) is 2. The molecule has 0 amide bonds. The molecule has 0 saturated carbocycles. The molecule has 1 aliphatic heterocycles. The van der Waals surface area contributed by atoms with Crippen molar-refractivity contribution in [3.8, 4) is 0 Å². The number of nitrogens with two attached hydrogens (primary N) is 1. The number of hydrogen-bond acceptors (Lipinski definition) is 4. The van der Waals surface area contributed by atoms with Gasteiger partial charge in [0.1, 0.15) is 5.82 Å². The minimum Gasteiger partial charge on any atom is -0.379 e. The zero-order valence-corrected chi connectivity index (χ0v) is 13.7. The predicted molar refractivity (Wildman–Crippen MR) is 89.4 cm³/mol. The summed E-state index contributed by atoms with van der Waals surface area (Å²) in [6.45, 7) is 6.44. The summed E-state index contributed by atoms with van der Waals surface area (Å²) in [5.41, 5.74) is 6.07. The van der Waals surface area contributed by atoms with E-state index < -0.39 is 0 Å². The van der Waals surface area contributed by atoms with E-state index in [0.29, 0.717) is 18.8 Å². The van der Waals surface area contributed by atoms with Gasteiger partial charge in [-0.1, -0.05) is 12.1 Å². The van der Waals surface area contributed by atoms with E-state index in [1.807, 2.05) is 12.1 Å². The molecule has 1 aromatic rings. The number of anilines is 1. The van der Waals surface area contributed by atoms with E-state index in [1.54, 1.807) is 6.07 Å². The Morgan fingerprint density at radius 3 is 2.33 bits per heavy atom. The van der Waals surface area contributed by atoms with Crippen molar-refractivity contribution < 1.29 is 9.13 Å². The third-order valence-electron chi connectivity index (χ3n) is 3.38. The zero-order valence-electron chi connectivity index (χ0n) is 12.0. The van der Waals surface area contributed by atoms with Crippen molar-refractivity contribution in [2.75, 3.05) is 57.4 Å². The maximum atomic E-state index is 13.7. The van der Waals surface area contributed by atoms with Crippen molar-refractivity contribution in [2.24, 2.45) is 5.73 Å². The highest BCUT2D eigenvalue weighted by Crippen LogP contribution is 2.19. The van der Waals surface area contributed by atoms with Gasteiger partial charge in [-0.2, -0.15) is 0 Å². The Bertz CT molecular complexity index is 390. The van der Waals surface area contributed by atoms with Crippen LogP contribution in [-0.4, -0.2) is 57.4 Å². The fourth-order valence-electron chi connectivity index (χ4n) is 2.30. The van der Waals surface area contributed by atoms with E-state index in [4.69, 9.17) is 10.5 Å². The number of para-hydroxylation sites is 1. The summed E-state index contributed by atoms with van der Waals surface area (Å²) in [4.78, 5) is 4.44. The van der Waals surface area contributed by atoms with Gasteiger partial charge in [0.15, 0.2) is 0 Å². The lowest BCUT2D eigenvalue weighted by Gasteiger charge is -2.36. The van der Waals surface area contributed by atoms with Crippen LogP contribution in [0.15, 0.2) is 24.3 Å². The molecule has 1 aliphatic rings. The third kappa shape index (κ3) is 6.36. The first-order chi connectivity index (χ1) is 9.31. The molecular weight excluding hydrogens is 316 g/mol. The summed E-state index contributed by atoms with van der Waals surface area (Å²) in [7, 11) is 0. The quantitative estimate of drug-likeness (QED) is 0.802. The predicted octanol–water partition coefficient (Wildman–Crippen LogP) is 1.77. The fraction of sp³-hybridized carbons (Fsp3) is 0.571. The smallest absolute Gasteiger partial charge is 0.146 e. The molecule has 0 spiro atoms. The monoisotopic (exact) mass is 339 g/mol. The van der Waals surface area contributed by atoms with Crippen LogP contribution in [0.1, 0.15) is 0 Å². The van der Waals surface area contributed by atoms with Gasteiger partial charge >= 0.3 is 0 Å². The van der Waals surface area contributed by atoms with Crippen LogP contribution in [0.2, 0.25) is 0 Å². The van der Waals surface area contributed by atoms with E-state index in [9.17, 15) is 4.39 Å². The van der Waals surface area contributed by atoms with E-state index in [2.05, 4.69) is 9.80 Å². The Balaban J connectivity index is 0.00000200. The molecule has 0 aromatic heterocycles. The second-order valence-corrected chi connectivity index (χ2v) is 4.68. The van der Waals surface area contributed by atoms with E-state index >= 15 is 0 Å². The largest absolute Gasteiger partial charge is 0.379 e. The maximum Gasteiger partial charge on any atom is 0.146 e. The molecule has 4 nitrogen and oxygen atoms in total. The molecule has 1 heterocycles. The number of benzene rings is 1. The number of halogens is 3. The standard InChI is InChI=1S/C14H22FN3O.2ClH/c15-13-3-1-2-4-14(13)18-8-6-17(7-9-18)10-12-19-11-5-16;;/h1-4H,5-12,16H2;2*1H. The topological polar surface area (TPSA) is 41.7 Å². The van der Waals surface area contributed by atoms with Crippen LogP contribution in [0.3, 0.4) is 0 Å². The SMILES string of the molecule is Cl.Cl.NCCOCCN1CCN(c2ccccc2F)CC1. The second-order valence-electron chi connectivity index (χ2n) is 4.68. The average Bonchev–Trinajstić information content (AvgIpc) is 2.45. The zero-order chi connectivity index (χ0) is 13.5. The van der Waals surface area contributed by atoms with Crippen LogP contribution in [0.25, 0.3) is 0 Å². The Hall–Kier alpha value is -0.590. The molecular formula is C14H24Cl2FN3O. The summed E-state index contributed by atoms with van der Waals surface area (Å²) < 4.78 is 19.0. The summed E-state index contributed by atoms with van der Waals surface area (Å²) in [6.07, 6.45) is 0. The van der Waals surface area contributed by atoms with Crippen LogP contribution >= 0.6 is 24.8 Å². The highest BCUT2D eigenvalue weighted by Gasteiger charge is 2.18.